The number of rotatable bonds is 3. The van der Waals surface area contributed by atoms with Gasteiger partial charge in [0.05, 0.1) is 16.0 Å². The molecule has 1 N–H and O–H groups in total. The van der Waals surface area contributed by atoms with Gasteiger partial charge in [0.15, 0.2) is 0 Å². The number of piperidine rings is 1. The number of aryl methyl sites for hydroxylation is 1. The van der Waals surface area contributed by atoms with E-state index in [2.05, 4.69) is 4.90 Å². The Morgan fingerprint density at radius 1 is 1.07 bits per heavy atom. The van der Waals surface area contributed by atoms with Crippen molar-refractivity contribution in [1.29, 1.82) is 0 Å². The first-order chi connectivity index (χ1) is 13.9. The second-order valence-electron chi connectivity index (χ2n) is 8.52. The van der Waals surface area contributed by atoms with E-state index in [-0.39, 0.29) is 4.90 Å². The summed E-state index contributed by atoms with van der Waals surface area (Å²) in [4.78, 5) is 2.74. The quantitative estimate of drug-likeness (QED) is 0.716. The van der Waals surface area contributed by atoms with Gasteiger partial charge in [0.25, 0.3) is 10.0 Å². The van der Waals surface area contributed by atoms with Crippen molar-refractivity contribution in [2.24, 2.45) is 0 Å². The van der Waals surface area contributed by atoms with Gasteiger partial charge in [0.1, 0.15) is 0 Å². The number of benzene rings is 2. The fraction of sp³-hybridized carbons (Fsp3) is 0.391. The summed E-state index contributed by atoms with van der Waals surface area (Å²) in [7, 11) is -3.69. The molecule has 3 aromatic rings. The minimum absolute atomic E-state index is 0.268. The summed E-state index contributed by atoms with van der Waals surface area (Å²) >= 11 is 0. The Balaban J connectivity index is 1.56. The Hall–Kier alpha value is -2.15. The number of aromatic nitrogens is 1. The predicted octanol–water partition coefficient (Wildman–Crippen LogP) is 3.63. The van der Waals surface area contributed by atoms with Gasteiger partial charge in [-0.1, -0.05) is 29.8 Å². The van der Waals surface area contributed by atoms with Crippen LogP contribution in [-0.4, -0.2) is 41.5 Å². The minimum Gasteiger partial charge on any atom is -0.385 e. The van der Waals surface area contributed by atoms with E-state index >= 15 is 0 Å². The molecule has 2 saturated heterocycles. The molecule has 1 aromatic heterocycles. The highest BCUT2D eigenvalue weighted by molar-refractivity contribution is 7.90. The summed E-state index contributed by atoms with van der Waals surface area (Å²) in [5.41, 5.74) is 1.55. The van der Waals surface area contributed by atoms with Crippen LogP contribution < -0.4 is 0 Å². The lowest BCUT2D eigenvalue weighted by atomic mass is 9.81. The van der Waals surface area contributed by atoms with Gasteiger partial charge < -0.3 is 10.0 Å². The molecule has 2 aliphatic heterocycles. The Bertz CT molecular complexity index is 1170. The molecule has 2 aromatic carbocycles. The lowest BCUT2D eigenvalue weighted by Gasteiger charge is -2.41. The lowest BCUT2D eigenvalue weighted by molar-refractivity contribution is -0.0408. The number of aliphatic hydroxyl groups is 1. The molecular formula is C23H26N2O3S. The topological polar surface area (TPSA) is 62.5 Å². The molecule has 0 radical (unpaired) electrons. The summed E-state index contributed by atoms with van der Waals surface area (Å²) in [5.74, 6) is 0. The van der Waals surface area contributed by atoms with E-state index < -0.39 is 15.6 Å². The molecule has 152 valence electrons. The van der Waals surface area contributed by atoms with Crippen LogP contribution in [0.3, 0.4) is 0 Å². The summed E-state index contributed by atoms with van der Waals surface area (Å²) in [5, 5.41) is 12.3. The number of hydrogen-bond donors (Lipinski definition) is 1. The van der Waals surface area contributed by atoms with Crippen molar-refractivity contribution in [3.63, 3.8) is 0 Å². The normalized spacial score (nSPS) is 25.4. The van der Waals surface area contributed by atoms with E-state index in [1.54, 1.807) is 18.3 Å². The van der Waals surface area contributed by atoms with Crippen LogP contribution in [0.1, 0.15) is 36.8 Å². The highest BCUT2D eigenvalue weighted by atomic mass is 32.2. The molecule has 0 amide bonds. The van der Waals surface area contributed by atoms with Gasteiger partial charge in [-0.25, -0.2) is 12.4 Å². The third kappa shape index (κ3) is 3.10. The molecule has 2 aliphatic rings. The summed E-state index contributed by atoms with van der Waals surface area (Å²) < 4.78 is 27.8. The Labute approximate surface area is 171 Å². The summed E-state index contributed by atoms with van der Waals surface area (Å²) in [6, 6.07) is 14.9. The van der Waals surface area contributed by atoms with Crippen LogP contribution >= 0.6 is 0 Å². The van der Waals surface area contributed by atoms with Crippen molar-refractivity contribution in [3.8, 4) is 0 Å². The van der Waals surface area contributed by atoms with Crippen LogP contribution in [0.2, 0.25) is 0 Å². The van der Waals surface area contributed by atoms with Crippen LogP contribution in [0, 0.1) is 6.92 Å². The molecule has 0 spiro atoms. The molecule has 5 rings (SSSR count). The van der Waals surface area contributed by atoms with E-state index in [0.717, 1.165) is 36.0 Å². The maximum Gasteiger partial charge on any atom is 0.268 e. The fourth-order valence-corrected chi connectivity index (χ4v) is 6.28. The van der Waals surface area contributed by atoms with E-state index in [0.29, 0.717) is 24.4 Å². The SMILES string of the molecule is Cc1ccc(S(=O)(=O)n2ccc3ccc(C4(O)CCN5CCCC5C4)cc32)cc1. The highest BCUT2D eigenvalue weighted by Gasteiger charge is 2.41. The van der Waals surface area contributed by atoms with Crippen molar-refractivity contribution in [2.75, 3.05) is 13.1 Å². The lowest BCUT2D eigenvalue weighted by Crippen LogP contribution is -2.46. The fourth-order valence-electron chi connectivity index (χ4n) is 4.93. The van der Waals surface area contributed by atoms with Gasteiger partial charge in [0.2, 0.25) is 0 Å². The minimum atomic E-state index is -3.69. The van der Waals surface area contributed by atoms with Crippen LogP contribution in [0.4, 0.5) is 0 Å². The molecule has 29 heavy (non-hydrogen) atoms. The molecule has 2 fully saturated rings. The standard InChI is InChI=1S/C23H26N2O3S/c1-17-4-8-21(9-5-17)29(27,28)25-13-10-18-6-7-19(15-22(18)25)23(26)11-14-24-12-2-3-20(24)16-23/h4-10,13,15,20,26H,2-3,11-12,14,16H2,1H3. The molecule has 2 unspecified atom stereocenters. The Morgan fingerprint density at radius 3 is 2.66 bits per heavy atom. The van der Waals surface area contributed by atoms with Gasteiger partial charge in [-0.3, -0.25) is 0 Å². The van der Waals surface area contributed by atoms with Crippen molar-refractivity contribution >= 4 is 20.9 Å². The zero-order valence-electron chi connectivity index (χ0n) is 16.6. The first kappa shape index (κ1) is 18.9. The zero-order chi connectivity index (χ0) is 20.2. The summed E-state index contributed by atoms with van der Waals surface area (Å²) in [6.45, 7) is 3.95. The zero-order valence-corrected chi connectivity index (χ0v) is 17.4. The molecular weight excluding hydrogens is 384 g/mol. The first-order valence-electron chi connectivity index (χ1n) is 10.3. The molecule has 6 heteroatoms. The Kier molecular flexibility index (Phi) is 4.35. The van der Waals surface area contributed by atoms with Gasteiger partial charge in [-0.15, -0.1) is 0 Å². The third-order valence-electron chi connectivity index (χ3n) is 6.66. The van der Waals surface area contributed by atoms with Crippen LogP contribution in [0.5, 0.6) is 0 Å². The third-order valence-corrected chi connectivity index (χ3v) is 8.36. The van der Waals surface area contributed by atoms with Gasteiger partial charge in [-0.05, 0) is 69.0 Å². The maximum atomic E-state index is 13.2. The highest BCUT2D eigenvalue weighted by Crippen LogP contribution is 2.40. The molecule has 0 aliphatic carbocycles. The predicted molar refractivity (Wildman–Crippen MR) is 113 cm³/mol. The van der Waals surface area contributed by atoms with Crippen molar-refractivity contribution in [1.82, 2.24) is 8.87 Å². The van der Waals surface area contributed by atoms with Crippen molar-refractivity contribution in [3.05, 3.63) is 65.9 Å². The average molecular weight is 411 g/mol. The molecule has 3 heterocycles. The number of fused-ring (bicyclic) bond motifs is 2. The van der Waals surface area contributed by atoms with Crippen molar-refractivity contribution < 1.29 is 13.5 Å². The van der Waals surface area contributed by atoms with Crippen LogP contribution in [-0.2, 0) is 15.6 Å². The van der Waals surface area contributed by atoms with E-state index in [9.17, 15) is 13.5 Å². The monoisotopic (exact) mass is 410 g/mol. The molecule has 0 saturated carbocycles. The summed E-state index contributed by atoms with van der Waals surface area (Å²) in [6.07, 6.45) is 5.32. The van der Waals surface area contributed by atoms with E-state index in [1.807, 2.05) is 43.3 Å². The van der Waals surface area contributed by atoms with Crippen molar-refractivity contribution in [2.45, 2.75) is 49.1 Å². The average Bonchev–Trinajstić information content (AvgIpc) is 3.34. The largest absolute Gasteiger partial charge is 0.385 e. The smallest absolute Gasteiger partial charge is 0.268 e. The first-order valence-corrected chi connectivity index (χ1v) is 11.7. The second-order valence-corrected chi connectivity index (χ2v) is 10.3. The molecule has 2 atom stereocenters. The van der Waals surface area contributed by atoms with Gasteiger partial charge in [0, 0.05) is 24.2 Å². The van der Waals surface area contributed by atoms with Crippen LogP contribution in [0.15, 0.2) is 59.6 Å². The van der Waals surface area contributed by atoms with E-state index in [4.69, 9.17) is 0 Å². The number of nitrogens with zero attached hydrogens (tertiary/aromatic N) is 2. The molecule has 0 bridgehead atoms. The number of hydrogen-bond acceptors (Lipinski definition) is 4. The molecule has 5 nitrogen and oxygen atoms in total. The van der Waals surface area contributed by atoms with E-state index in [1.165, 1.54) is 10.4 Å². The maximum absolute atomic E-state index is 13.2. The van der Waals surface area contributed by atoms with Gasteiger partial charge >= 0.3 is 0 Å². The van der Waals surface area contributed by atoms with Gasteiger partial charge in [-0.2, -0.15) is 0 Å². The second kappa shape index (κ2) is 6.69. The van der Waals surface area contributed by atoms with Crippen LogP contribution in [0.25, 0.3) is 10.9 Å². The Morgan fingerprint density at radius 2 is 1.86 bits per heavy atom.